The molecule has 0 radical (unpaired) electrons. The maximum absolute atomic E-state index is 13.8. The molecule has 2 aliphatic heterocycles. The second-order valence-corrected chi connectivity index (χ2v) is 12.8. The van der Waals surface area contributed by atoms with Gasteiger partial charge in [-0.15, -0.1) is 0 Å². The van der Waals surface area contributed by atoms with Crippen molar-refractivity contribution in [3.8, 4) is 5.75 Å². The molecule has 3 fully saturated rings. The van der Waals surface area contributed by atoms with Crippen LogP contribution in [0.3, 0.4) is 0 Å². The molecule has 1 saturated carbocycles. The van der Waals surface area contributed by atoms with Gasteiger partial charge in [-0.05, 0) is 55.5 Å². The number of alkyl carbamates (subject to hydrolysis) is 1. The van der Waals surface area contributed by atoms with Crippen LogP contribution >= 0.6 is 0 Å². The quantitative estimate of drug-likeness (QED) is 0.350. The van der Waals surface area contributed by atoms with E-state index in [0.717, 1.165) is 48.6 Å². The number of ether oxygens (including phenoxy) is 4. The van der Waals surface area contributed by atoms with E-state index in [-0.39, 0.29) is 36.2 Å². The first-order valence-corrected chi connectivity index (χ1v) is 16.0. The Hall–Kier alpha value is -2.74. The van der Waals surface area contributed by atoms with Crippen molar-refractivity contribution in [1.82, 2.24) is 9.79 Å². The van der Waals surface area contributed by atoms with Gasteiger partial charge in [0.2, 0.25) is 0 Å². The smallest absolute Gasteiger partial charge is 0.407 e. The van der Waals surface area contributed by atoms with Gasteiger partial charge in [0.15, 0.2) is 6.29 Å². The average molecular weight is 605 g/mol. The highest BCUT2D eigenvalue weighted by molar-refractivity contribution is 7.89. The summed E-state index contributed by atoms with van der Waals surface area (Å²) in [5, 5.41) is 14.3. The molecule has 1 aliphatic carbocycles. The Balaban J connectivity index is 1.34. The molecule has 5 rings (SSSR count). The maximum atomic E-state index is 13.8. The van der Waals surface area contributed by atoms with Gasteiger partial charge in [-0.3, -0.25) is 4.84 Å². The van der Waals surface area contributed by atoms with Crippen LogP contribution in [0.4, 0.5) is 4.79 Å². The molecule has 0 spiro atoms. The van der Waals surface area contributed by atoms with Crippen molar-refractivity contribution in [2.45, 2.75) is 80.5 Å². The van der Waals surface area contributed by atoms with Crippen LogP contribution in [0.25, 0.3) is 0 Å². The van der Waals surface area contributed by atoms with Crippen molar-refractivity contribution in [3.63, 3.8) is 0 Å². The number of hydrogen-bond donors (Lipinski definition) is 2. The Morgan fingerprint density at radius 3 is 2.50 bits per heavy atom. The van der Waals surface area contributed by atoms with Crippen molar-refractivity contribution in [2.24, 2.45) is 5.92 Å². The van der Waals surface area contributed by atoms with Crippen LogP contribution in [0, 0.1) is 5.92 Å². The number of aliphatic hydroxyl groups is 1. The first-order valence-electron chi connectivity index (χ1n) is 14.6. The number of aliphatic hydroxyl groups excluding tert-OH is 1. The molecule has 2 heterocycles. The van der Waals surface area contributed by atoms with Gasteiger partial charge in [0.25, 0.3) is 10.0 Å². The minimum absolute atomic E-state index is 0.00728. The SMILES string of the molecule is COc1ccc(S(=O)(=O)N(C[C@@H](O)[C@H](Cc2ccccc2)NC(=O)OC2CO[C@H]3OCC[C@@H]23)OC2CCCCC2)cc1. The number of hydrogen-bond acceptors (Lipinski definition) is 9. The third kappa shape index (κ3) is 7.61. The highest BCUT2D eigenvalue weighted by Crippen LogP contribution is 2.33. The number of nitrogens with one attached hydrogen (secondary N) is 1. The van der Waals surface area contributed by atoms with Crippen LogP contribution in [0.1, 0.15) is 44.1 Å². The zero-order valence-electron chi connectivity index (χ0n) is 23.8. The Labute approximate surface area is 247 Å². The van der Waals surface area contributed by atoms with E-state index in [1.807, 2.05) is 30.3 Å². The Kier molecular flexibility index (Phi) is 10.3. The number of carbonyl (C=O) groups is 1. The fourth-order valence-electron chi connectivity index (χ4n) is 5.70. The summed E-state index contributed by atoms with van der Waals surface area (Å²) in [4.78, 5) is 19.1. The number of nitrogens with zero attached hydrogens (tertiary/aromatic N) is 1. The summed E-state index contributed by atoms with van der Waals surface area (Å²) in [6, 6.07) is 14.5. The number of fused-ring (bicyclic) bond motifs is 1. The molecule has 2 aromatic rings. The molecule has 5 atom stereocenters. The average Bonchev–Trinajstić information content (AvgIpc) is 3.63. The molecule has 11 nitrogen and oxygen atoms in total. The molecular weight excluding hydrogens is 564 g/mol. The number of benzene rings is 2. The van der Waals surface area contributed by atoms with Gasteiger partial charge in [0.1, 0.15) is 11.9 Å². The van der Waals surface area contributed by atoms with Gasteiger partial charge in [-0.1, -0.05) is 54.1 Å². The molecule has 1 unspecified atom stereocenters. The lowest BCUT2D eigenvalue weighted by molar-refractivity contribution is -0.156. The lowest BCUT2D eigenvalue weighted by Crippen LogP contribution is -2.51. The lowest BCUT2D eigenvalue weighted by Gasteiger charge is -2.32. The summed E-state index contributed by atoms with van der Waals surface area (Å²) in [7, 11) is -2.66. The zero-order valence-corrected chi connectivity index (χ0v) is 24.6. The largest absolute Gasteiger partial charge is 0.497 e. The van der Waals surface area contributed by atoms with Gasteiger partial charge in [0.05, 0.1) is 55.9 Å². The summed E-state index contributed by atoms with van der Waals surface area (Å²) in [6.07, 6.45) is 2.18. The monoisotopic (exact) mass is 604 g/mol. The van der Waals surface area contributed by atoms with E-state index in [4.69, 9.17) is 23.8 Å². The number of hydroxylamine groups is 1. The summed E-state index contributed by atoms with van der Waals surface area (Å²) < 4.78 is 50.4. The van der Waals surface area contributed by atoms with Gasteiger partial charge < -0.3 is 29.4 Å². The molecule has 0 aromatic heterocycles. The molecule has 230 valence electrons. The van der Waals surface area contributed by atoms with Crippen molar-refractivity contribution in [3.05, 3.63) is 60.2 Å². The first-order chi connectivity index (χ1) is 20.3. The van der Waals surface area contributed by atoms with E-state index in [0.29, 0.717) is 12.4 Å². The molecule has 2 N–H and O–H groups in total. The first kappa shape index (κ1) is 30.7. The summed E-state index contributed by atoms with van der Waals surface area (Å²) in [5.41, 5.74) is 0.855. The minimum atomic E-state index is -4.16. The Morgan fingerprint density at radius 1 is 1.05 bits per heavy atom. The molecule has 0 bridgehead atoms. The number of amides is 1. The Bertz CT molecular complexity index is 1260. The van der Waals surface area contributed by atoms with Crippen LogP contribution < -0.4 is 10.1 Å². The number of rotatable bonds is 12. The number of methoxy groups -OCH3 is 1. The van der Waals surface area contributed by atoms with E-state index < -0.39 is 40.9 Å². The third-order valence-corrected chi connectivity index (χ3v) is 9.73. The maximum Gasteiger partial charge on any atom is 0.407 e. The van der Waals surface area contributed by atoms with E-state index in [2.05, 4.69) is 5.32 Å². The van der Waals surface area contributed by atoms with Gasteiger partial charge in [-0.25, -0.2) is 13.2 Å². The van der Waals surface area contributed by atoms with E-state index in [1.54, 1.807) is 12.1 Å². The molecule has 2 saturated heterocycles. The summed E-state index contributed by atoms with van der Waals surface area (Å²) in [6.45, 7) is 0.386. The molecule has 3 aliphatic rings. The van der Waals surface area contributed by atoms with Crippen LogP contribution in [0.15, 0.2) is 59.5 Å². The van der Waals surface area contributed by atoms with E-state index >= 15 is 0 Å². The van der Waals surface area contributed by atoms with Crippen LogP contribution in [-0.2, 0) is 35.5 Å². The van der Waals surface area contributed by atoms with Crippen molar-refractivity contribution in [2.75, 3.05) is 26.9 Å². The van der Waals surface area contributed by atoms with Gasteiger partial charge >= 0.3 is 6.09 Å². The minimum Gasteiger partial charge on any atom is -0.497 e. The summed E-state index contributed by atoms with van der Waals surface area (Å²) >= 11 is 0. The van der Waals surface area contributed by atoms with Crippen molar-refractivity contribution in [1.29, 1.82) is 0 Å². The highest BCUT2D eigenvalue weighted by Gasteiger charge is 2.44. The predicted octanol–water partition coefficient (Wildman–Crippen LogP) is 3.41. The molecule has 2 aromatic carbocycles. The normalized spacial score (nSPS) is 24.2. The molecule has 42 heavy (non-hydrogen) atoms. The van der Waals surface area contributed by atoms with Crippen LogP contribution in [-0.4, -0.2) is 81.6 Å². The fourth-order valence-corrected chi connectivity index (χ4v) is 7.00. The Morgan fingerprint density at radius 2 is 1.79 bits per heavy atom. The van der Waals surface area contributed by atoms with Gasteiger partial charge in [-0.2, -0.15) is 0 Å². The van der Waals surface area contributed by atoms with E-state index in [9.17, 15) is 18.3 Å². The van der Waals surface area contributed by atoms with Gasteiger partial charge in [0, 0.05) is 0 Å². The zero-order chi connectivity index (χ0) is 29.5. The lowest BCUT2D eigenvalue weighted by atomic mass is 9.98. The predicted molar refractivity (Wildman–Crippen MR) is 152 cm³/mol. The molecule has 12 heteroatoms. The molecule has 1 amide bonds. The fraction of sp³-hybridized carbons (Fsp3) is 0.567. The molecular formula is C30H40N2O9S. The highest BCUT2D eigenvalue weighted by atomic mass is 32.2. The summed E-state index contributed by atoms with van der Waals surface area (Å²) in [5.74, 6) is 0.477. The second-order valence-electron chi connectivity index (χ2n) is 11.0. The second kappa shape index (κ2) is 14.2. The number of sulfonamides is 1. The number of carbonyl (C=O) groups excluding carboxylic acids is 1. The van der Waals surface area contributed by atoms with E-state index in [1.165, 1.54) is 19.2 Å². The van der Waals surface area contributed by atoms with Crippen LogP contribution in [0.2, 0.25) is 0 Å². The standard InChI is InChI=1S/C30H40N2O9S/c1-37-22-12-14-24(15-13-22)42(35,36)32(41-23-10-6-3-7-11-23)19-27(33)26(18-21-8-4-2-5-9-21)31-30(34)40-28-20-39-29-25(28)16-17-38-29/h2,4-5,8-9,12-15,23,25-29,33H,3,6-7,10-11,16-20H2,1H3,(H,31,34)/t25-,26-,27+,28?,29+/m0/s1. The van der Waals surface area contributed by atoms with Crippen molar-refractivity contribution < 1.29 is 42.1 Å². The van der Waals surface area contributed by atoms with Crippen LogP contribution in [0.5, 0.6) is 5.75 Å². The topological polar surface area (TPSA) is 133 Å². The third-order valence-electron chi connectivity index (χ3n) is 8.09. The van der Waals surface area contributed by atoms with Crippen molar-refractivity contribution >= 4 is 16.1 Å².